The summed E-state index contributed by atoms with van der Waals surface area (Å²) in [5.74, 6) is 2.27. The quantitative estimate of drug-likeness (QED) is 0.331. The van der Waals surface area contributed by atoms with Crippen LogP contribution in [0.5, 0.6) is 0 Å². The second-order valence-electron chi connectivity index (χ2n) is 6.93. The maximum absolute atomic E-state index is 11.3. The number of aryl methyl sites for hydroxylation is 1. The van der Waals surface area contributed by atoms with Crippen LogP contribution in [0.1, 0.15) is 23.7 Å². The number of methoxy groups -OCH3 is 1. The second kappa shape index (κ2) is 10.2. The number of ketones is 1. The Kier molecular flexibility index (Phi) is 7.42. The third kappa shape index (κ3) is 6.04. The van der Waals surface area contributed by atoms with Crippen LogP contribution in [0.15, 0.2) is 40.4 Å². The molecule has 158 valence electrons. The molecule has 3 N–H and O–H groups in total. The number of Topliss-reactive ketones (excluding diaryl/α,β-unsaturated/α-hetero) is 1. The summed E-state index contributed by atoms with van der Waals surface area (Å²) < 4.78 is 5.13. The van der Waals surface area contributed by atoms with E-state index in [1.54, 1.807) is 14.0 Å². The van der Waals surface area contributed by atoms with E-state index in [4.69, 9.17) is 9.72 Å². The number of aromatic nitrogens is 4. The predicted molar refractivity (Wildman–Crippen MR) is 119 cm³/mol. The number of ether oxygens (including phenoxy) is 1. The number of carbonyl (C=O) groups is 1. The fourth-order valence-corrected chi connectivity index (χ4v) is 3.54. The molecule has 8 nitrogen and oxygen atoms in total. The first-order chi connectivity index (χ1) is 14.4. The van der Waals surface area contributed by atoms with Crippen LogP contribution in [0.4, 0.5) is 17.5 Å². The topological polar surface area (TPSA) is 105 Å². The molecule has 0 atom stereocenters. The van der Waals surface area contributed by atoms with E-state index in [1.807, 2.05) is 44.2 Å². The number of hydrogen-bond donors (Lipinski definition) is 3. The van der Waals surface area contributed by atoms with E-state index in [0.29, 0.717) is 36.4 Å². The van der Waals surface area contributed by atoms with Gasteiger partial charge in [0.05, 0.1) is 6.61 Å². The Morgan fingerprint density at radius 1 is 1.17 bits per heavy atom. The third-order valence-corrected chi connectivity index (χ3v) is 5.13. The molecular formula is C21H26N6O2S. The molecule has 1 aromatic carbocycles. The molecule has 30 heavy (non-hydrogen) atoms. The van der Waals surface area contributed by atoms with E-state index in [1.165, 1.54) is 11.8 Å². The van der Waals surface area contributed by atoms with Gasteiger partial charge in [-0.15, -0.1) is 0 Å². The largest absolute Gasteiger partial charge is 0.383 e. The van der Waals surface area contributed by atoms with Gasteiger partial charge < -0.3 is 15.4 Å². The Bertz CT molecular complexity index is 1000. The first-order valence-electron chi connectivity index (χ1n) is 9.61. The highest BCUT2D eigenvalue weighted by Gasteiger charge is 2.13. The summed E-state index contributed by atoms with van der Waals surface area (Å²) in [5, 5.41) is 14.3. The van der Waals surface area contributed by atoms with Gasteiger partial charge >= 0.3 is 0 Å². The molecule has 0 unspecified atom stereocenters. The lowest BCUT2D eigenvalue weighted by Gasteiger charge is -2.14. The van der Waals surface area contributed by atoms with Crippen LogP contribution in [0.2, 0.25) is 0 Å². The number of nitrogens with one attached hydrogen (secondary N) is 3. The molecule has 0 saturated heterocycles. The average Bonchev–Trinajstić information content (AvgIpc) is 3.11. The van der Waals surface area contributed by atoms with E-state index in [0.717, 1.165) is 27.5 Å². The summed E-state index contributed by atoms with van der Waals surface area (Å²) in [6, 6.07) is 9.80. The number of carbonyl (C=O) groups excluding carboxylic acids is 1. The minimum Gasteiger partial charge on any atom is -0.383 e. The zero-order chi connectivity index (χ0) is 21.5. The van der Waals surface area contributed by atoms with Crippen LogP contribution < -0.4 is 10.6 Å². The number of rotatable bonds is 10. The van der Waals surface area contributed by atoms with E-state index in [-0.39, 0.29) is 5.78 Å². The number of aromatic amines is 1. The molecule has 3 aromatic rings. The Balaban J connectivity index is 1.85. The van der Waals surface area contributed by atoms with Gasteiger partial charge in [-0.3, -0.25) is 9.89 Å². The molecule has 0 aliphatic rings. The van der Waals surface area contributed by atoms with Gasteiger partial charge in [0.2, 0.25) is 0 Å². The summed E-state index contributed by atoms with van der Waals surface area (Å²) >= 11 is 1.46. The molecule has 0 amide bonds. The van der Waals surface area contributed by atoms with Crippen LogP contribution in [-0.2, 0) is 16.0 Å². The molecule has 9 heteroatoms. The second-order valence-corrected chi connectivity index (χ2v) is 7.97. The van der Waals surface area contributed by atoms with Crippen molar-refractivity contribution >= 4 is 35.0 Å². The monoisotopic (exact) mass is 426 g/mol. The summed E-state index contributed by atoms with van der Waals surface area (Å²) in [6.45, 7) is 6.71. The average molecular weight is 427 g/mol. The third-order valence-electron chi connectivity index (χ3n) is 4.26. The lowest BCUT2D eigenvalue weighted by molar-refractivity contribution is -0.116. The fraction of sp³-hybridized carbons (Fsp3) is 0.333. The zero-order valence-electron chi connectivity index (χ0n) is 17.6. The molecule has 0 bridgehead atoms. The van der Waals surface area contributed by atoms with E-state index < -0.39 is 0 Å². The van der Waals surface area contributed by atoms with Crippen molar-refractivity contribution in [3.8, 4) is 0 Å². The van der Waals surface area contributed by atoms with Crippen molar-refractivity contribution in [2.75, 3.05) is 30.9 Å². The lowest BCUT2D eigenvalue weighted by Crippen LogP contribution is -2.12. The van der Waals surface area contributed by atoms with Crippen molar-refractivity contribution in [3.05, 3.63) is 47.2 Å². The molecule has 2 aromatic heterocycles. The first kappa shape index (κ1) is 21.8. The number of anilines is 3. The summed E-state index contributed by atoms with van der Waals surface area (Å²) in [7, 11) is 1.67. The lowest BCUT2D eigenvalue weighted by atomic mass is 10.1. The van der Waals surface area contributed by atoms with Crippen LogP contribution >= 0.6 is 11.8 Å². The Hall–Kier alpha value is -2.91. The fourth-order valence-electron chi connectivity index (χ4n) is 2.78. The van der Waals surface area contributed by atoms with Crippen LogP contribution in [0, 0.1) is 13.8 Å². The molecule has 0 spiro atoms. The van der Waals surface area contributed by atoms with Crippen LogP contribution in [-0.4, -0.2) is 46.2 Å². The van der Waals surface area contributed by atoms with Gasteiger partial charge in [0.15, 0.2) is 11.0 Å². The van der Waals surface area contributed by atoms with Crippen molar-refractivity contribution in [1.82, 2.24) is 20.2 Å². The predicted octanol–water partition coefficient (Wildman–Crippen LogP) is 3.90. The normalized spacial score (nSPS) is 10.8. The van der Waals surface area contributed by atoms with Crippen molar-refractivity contribution < 1.29 is 9.53 Å². The van der Waals surface area contributed by atoms with E-state index in [9.17, 15) is 4.79 Å². The number of nitrogens with zero attached hydrogens (tertiary/aromatic N) is 3. The maximum Gasteiger partial charge on any atom is 0.196 e. The van der Waals surface area contributed by atoms with Gasteiger partial charge in [0.1, 0.15) is 17.4 Å². The SMILES string of the molecule is COCCNc1nc(Sc2ccc(CC(C)=O)cc2)nc(Nc2cc(C)[nH]n2)c1C. The van der Waals surface area contributed by atoms with Crippen molar-refractivity contribution in [3.63, 3.8) is 0 Å². The first-order valence-corrected chi connectivity index (χ1v) is 10.4. The van der Waals surface area contributed by atoms with Crippen LogP contribution in [0.3, 0.4) is 0 Å². The minimum atomic E-state index is 0.147. The highest BCUT2D eigenvalue weighted by Crippen LogP contribution is 2.30. The standard InChI is InChI=1S/C21H26N6O2S/c1-13-11-18(27-26-13)23-20-15(3)19(22-9-10-29-4)24-21(25-20)30-17-7-5-16(6-8-17)12-14(2)28/h5-8,11H,9-10,12H2,1-4H3,(H3,22,23,24,25,26,27). The van der Waals surface area contributed by atoms with E-state index >= 15 is 0 Å². The van der Waals surface area contributed by atoms with Crippen molar-refractivity contribution in [2.45, 2.75) is 37.2 Å². The van der Waals surface area contributed by atoms with E-state index in [2.05, 4.69) is 25.8 Å². The molecule has 0 radical (unpaired) electrons. The van der Waals surface area contributed by atoms with Gasteiger partial charge in [0, 0.05) is 42.3 Å². The zero-order valence-corrected chi connectivity index (χ0v) is 18.4. The smallest absolute Gasteiger partial charge is 0.196 e. The molecule has 0 fully saturated rings. The van der Waals surface area contributed by atoms with Gasteiger partial charge in [-0.05, 0) is 50.2 Å². The van der Waals surface area contributed by atoms with Gasteiger partial charge in [-0.1, -0.05) is 12.1 Å². The molecule has 0 saturated carbocycles. The molecular weight excluding hydrogens is 400 g/mol. The van der Waals surface area contributed by atoms with Gasteiger partial charge in [-0.25, -0.2) is 9.97 Å². The Labute approximate surface area is 180 Å². The summed E-state index contributed by atoms with van der Waals surface area (Å²) in [4.78, 5) is 21.7. The Morgan fingerprint density at radius 3 is 2.53 bits per heavy atom. The highest BCUT2D eigenvalue weighted by molar-refractivity contribution is 7.99. The molecule has 0 aliphatic carbocycles. The number of benzene rings is 1. The molecule has 2 heterocycles. The number of hydrogen-bond acceptors (Lipinski definition) is 8. The summed E-state index contributed by atoms with van der Waals surface area (Å²) in [5.41, 5.74) is 2.85. The highest BCUT2D eigenvalue weighted by atomic mass is 32.2. The van der Waals surface area contributed by atoms with Gasteiger partial charge in [-0.2, -0.15) is 5.10 Å². The molecule has 0 aliphatic heterocycles. The maximum atomic E-state index is 11.3. The minimum absolute atomic E-state index is 0.147. The Morgan fingerprint density at radius 2 is 1.90 bits per heavy atom. The molecule has 3 rings (SSSR count). The van der Waals surface area contributed by atoms with Crippen LogP contribution in [0.25, 0.3) is 0 Å². The van der Waals surface area contributed by atoms with Crippen molar-refractivity contribution in [1.29, 1.82) is 0 Å². The number of H-pyrrole nitrogens is 1. The van der Waals surface area contributed by atoms with Crippen molar-refractivity contribution in [2.24, 2.45) is 0 Å². The van der Waals surface area contributed by atoms with Gasteiger partial charge in [0.25, 0.3) is 0 Å². The summed E-state index contributed by atoms with van der Waals surface area (Å²) in [6.07, 6.45) is 0.441.